The summed E-state index contributed by atoms with van der Waals surface area (Å²) in [6.45, 7) is 0. The largest absolute Gasteiger partial charge is 0.309 e. The maximum atomic E-state index is 2.49. The molecule has 264 valence electrons. The maximum absolute atomic E-state index is 2.49. The van der Waals surface area contributed by atoms with Crippen molar-refractivity contribution in [2.75, 3.05) is 4.90 Å². The smallest absolute Gasteiger partial charge is 0.0562 e. The van der Waals surface area contributed by atoms with Gasteiger partial charge in [-0.15, -0.1) is 0 Å². The molecule has 10 aromatic rings. The van der Waals surface area contributed by atoms with Gasteiger partial charge >= 0.3 is 0 Å². The molecule has 0 radical (unpaired) electrons. The third-order valence-electron chi connectivity index (χ3n) is 10.8. The van der Waals surface area contributed by atoms with Crippen molar-refractivity contribution in [3.05, 3.63) is 231 Å². The van der Waals surface area contributed by atoms with E-state index in [1.165, 1.54) is 38.5 Å². The van der Waals surface area contributed by atoms with Crippen LogP contribution in [0.25, 0.3) is 72.0 Å². The normalized spacial score (nSPS) is 11.2. The Morgan fingerprint density at radius 1 is 0.304 bits per heavy atom. The first-order valence-corrected chi connectivity index (χ1v) is 19.2. The molecule has 0 aliphatic heterocycles. The number of rotatable bonds is 8. The van der Waals surface area contributed by atoms with Crippen molar-refractivity contribution < 1.29 is 0 Å². The molecule has 0 amide bonds. The molecule has 0 bridgehead atoms. The molecule has 0 atom stereocenters. The van der Waals surface area contributed by atoms with Crippen molar-refractivity contribution in [1.82, 2.24) is 4.57 Å². The third kappa shape index (κ3) is 5.95. The predicted molar refractivity (Wildman–Crippen MR) is 237 cm³/mol. The summed E-state index contributed by atoms with van der Waals surface area (Å²) in [5, 5.41) is 2.41. The van der Waals surface area contributed by atoms with Crippen LogP contribution in [0, 0.1) is 0 Å². The number of hydrogen-bond donors (Lipinski definition) is 0. The van der Waals surface area contributed by atoms with Gasteiger partial charge in [-0.1, -0.05) is 182 Å². The van der Waals surface area contributed by atoms with E-state index in [9.17, 15) is 0 Å². The molecule has 0 unspecified atom stereocenters. The topological polar surface area (TPSA) is 8.17 Å². The second-order valence-electron chi connectivity index (χ2n) is 14.1. The van der Waals surface area contributed by atoms with Gasteiger partial charge in [-0.2, -0.15) is 0 Å². The van der Waals surface area contributed by atoms with Crippen LogP contribution in [0.3, 0.4) is 0 Å². The van der Waals surface area contributed by atoms with Crippen LogP contribution in [0.1, 0.15) is 0 Å². The lowest BCUT2D eigenvalue weighted by molar-refractivity contribution is 1.18. The second kappa shape index (κ2) is 14.4. The number of aromatic nitrogens is 1. The van der Waals surface area contributed by atoms with E-state index >= 15 is 0 Å². The highest BCUT2D eigenvalue weighted by Gasteiger charge is 2.24. The Balaban J connectivity index is 1.29. The Morgan fingerprint density at radius 3 is 1.55 bits per heavy atom. The van der Waals surface area contributed by atoms with Gasteiger partial charge in [0.05, 0.1) is 22.4 Å². The molecule has 0 aliphatic carbocycles. The van der Waals surface area contributed by atoms with E-state index in [0.717, 1.165) is 50.5 Å². The van der Waals surface area contributed by atoms with Gasteiger partial charge in [0.2, 0.25) is 0 Å². The fraction of sp³-hybridized carbons (Fsp3) is 0. The van der Waals surface area contributed by atoms with E-state index in [1.54, 1.807) is 0 Å². The lowest BCUT2D eigenvalue weighted by Gasteiger charge is -2.30. The molecule has 0 saturated carbocycles. The van der Waals surface area contributed by atoms with Gasteiger partial charge in [-0.05, 0) is 87.5 Å². The van der Waals surface area contributed by atoms with Gasteiger partial charge in [-0.25, -0.2) is 0 Å². The second-order valence-corrected chi connectivity index (χ2v) is 14.1. The van der Waals surface area contributed by atoms with Gasteiger partial charge in [0.1, 0.15) is 0 Å². The number of benzene rings is 9. The van der Waals surface area contributed by atoms with Gasteiger partial charge in [0.25, 0.3) is 0 Å². The molecular weight excluding hydrogens is 677 g/mol. The summed E-state index contributed by atoms with van der Waals surface area (Å²) in [5.74, 6) is 0. The van der Waals surface area contributed by atoms with Crippen LogP contribution in [0.4, 0.5) is 17.1 Å². The first kappa shape index (κ1) is 33.2. The summed E-state index contributed by atoms with van der Waals surface area (Å²) in [6, 6.07) is 83.2. The summed E-state index contributed by atoms with van der Waals surface area (Å²) in [5.41, 5.74) is 16.2. The van der Waals surface area contributed by atoms with Crippen LogP contribution < -0.4 is 4.90 Å². The van der Waals surface area contributed by atoms with Crippen LogP contribution in [-0.2, 0) is 0 Å². The highest BCUT2D eigenvalue weighted by molar-refractivity contribution is 6.17. The molecule has 0 aliphatic rings. The van der Waals surface area contributed by atoms with Crippen molar-refractivity contribution in [3.8, 4) is 50.2 Å². The number of fused-ring (bicyclic) bond motifs is 3. The van der Waals surface area contributed by atoms with E-state index in [4.69, 9.17) is 0 Å². The number of para-hydroxylation sites is 2. The zero-order valence-corrected chi connectivity index (χ0v) is 30.8. The van der Waals surface area contributed by atoms with Gasteiger partial charge < -0.3 is 9.47 Å². The first-order chi connectivity index (χ1) is 27.8. The quantitative estimate of drug-likeness (QED) is 0.152. The van der Waals surface area contributed by atoms with Gasteiger partial charge in [0.15, 0.2) is 0 Å². The van der Waals surface area contributed by atoms with Crippen molar-refractivity contribution in [2.24, 2.45) is 0 Å². The van der Waals surface area contributed by atoms with Crippen molar-refractivity contribution in [3.63, 3.8) is 0 Å². The van der Waals surface area contributed by atoms with Crippen LogP contribution >= 0.6 is 0 Å². The molecule has 0 saturated heterocycles. The first-order valence-electron chi connectivity index (χ1n) is 19.2. The monoisotopic (exact) mass is 714 g/mol. The number of hydrogen-bond acceptors (Lipinski definition) is 1. The molecule has 0 N–H and O–H groups in total. The Morgan fingerprint density at radius 2 is 0.839 bits per heavy atom. The Labute approximate surface area is 327 Å². The molecule has 2 heteroatoms. The predicted octanol–water partition coefficient (Wildman–Crippen LogP) is 14.9. The number of anilines is 3. The molecule has 0 fully saturated rings. The van der Waals surface area contributed by atoms with E-state index < -0.39 is 0 Å². The minimum atomic E-state index is 1.08. The zero-order valence-electron chi connectivity index (χ0n) is 30.8. The van der Waals surface area contributed by atoms with E-state index in [2.05, 4.69) is 240 Å². The molecule has 9 aromatic carbocycles. The molecule has 1 heterocycles. The standard InChI is InChI=1S/C54H38N2/c1-5-19-39(20-6-1)42-35-36-48(41-23-9-3-10-24-41)53(38-42)56(45-28-17-25-43(37-45)47-30-14-13-29-46(47)40-21-7-2-8-22-40)52-34-18-33-51-54(52)49-31-15-16-32-50(49)55(51)44-26-11-4-12-27-44/h1-38H. The highest BCUT2D eigenvalue weighted by Crippen LogP contribution is 2.48. The average Bonchev–Trinajstić information content (AvgIpc) is 3.63. The lowest BCUT2D eigenvalue weighted by Crippen LogP contribution is -2.12. The summed E-state index contributed by atoms with van der Waals surface area (Å²) in [7, 11) is 0. The molecule has 0 spiro atoms. The Hall–Kier alpha value is -7.42. The molecule has 56 heavy (non-hydrogen) atoms. The third-order valence-corrected chi connectivity index (χ3v) is 10.8. The van der Waals surface area contributed by atoms with Crippen molar-refractivity contribution >= 4 is 38.9 Å². The summed E-state index contributed by atoms with van der Waals surface area (Å²) in [6.07, 6.45) is 0. The summed E-state index contributed by atoms with van der Waals surface area (Å²) < 4.78 is 2.40. The van der Waals surface area contributed by atoms with Crippen LogP contribution in [0.2, 0.25) is 0 Å². The maximum Gasteiger partial charge on any atom is 0.0562 e. The van der Waals surface area contributed by atoms with Crippen LogP contribution in [-0.4, -0.2) is 4.57 Å². The van der Waals surface area contributed by atoms with Crippen molar-refractivity contribution in [2.45, 2.75) is 0 Å². The van der Waals surface area contributed by atoms with E-state index in [1.807, 2.05) is 0 Å². The molecule has 1 aromatic heterocycles. The zero-order chi connectivity index (χ0) is 37.3. The Bertz CT molecular complexity index is 2950. The fourth-order valence-corrected chi connectivity index (χ4v) is 8.26. The van der Waals surface area contributed by atoms with Crippen molar-refractivity contribution in [1.29, 1.82) is 0 Å². The van der Waals surface area contributed by atoms with Gasteiger partial charge in [0, 0.05) is 27.7 Å². The molecular formula is C54H38N2. The number of nitrogens with zero attached hydrogens (tertiary/aromatic N) is 2. The fourth-order valence-electron chi connectivity index (χ4n) is 8.26. The summed E-state index contributed by atoms with van der Waals surface area (Å²) in [4.78, 5) is 2.49. The highest BCUT2D eigenvalue weighted by atomic mass is 15.2. The summed E-state index contributed by atoms with van der Waals surface area (Å²) >= 11 is 0. The Kier molecular flexibility index (Phi) is 8.55. The van der Waals surface area contributed by atoms with Crippen LogP contribution in [0.5, 0.6) is 0 Å². The lowest BCUT2D eigenvalue weighted by atomic mass is 9.93. The molecule has 2 nitrogen and oxygen atoms in total. The van der Waals surface area contributed by atoms with Gasteiger partial charge in [-0.3, -0.25) is 0 Å². The molecule has 10 rings (SSSR count). The minimum absolute atomic E-state index is 1.08. The van der Waals surface area contributed by atoms with E-state index in [0.29, 0.717) is 0 Å². The van der Waals surface area contributed by atoms with E-state index in [-0.39, 0.29) is 0 Å². The SMILES string of the molecule is c1ccc(-c2ccc(-c3ccccc3)c(N(c3cccc(-c4ccccc4-c4ccccc4)c3)c3cccc4c3c3ccccc3n4-c3ccccc3)c2)cc1. The average molecular weight is 715 g/mol. The minimum Gasteiger partial charge on any atom is -0.309 e. The van der Waals surface area contributed by atoms with Crippen LogP contribution in [0.15, 0.2) is 231 Å².